The van der Waals surface area contributed by atoms with Gasteiger partial charge in [0.2, 0.25) is 0 Å². The van der Waals surface area contributed by atoms with Crippen LogP contribution in [0, 0.1) is 5.92 Å². The number of carboxylic acid groups (broad SMARTS) is 1. The molecule has 6 heteroatoms. The number of rotatable bonds is 3. The smallest absolute Gasteiger partial charge is 0.320 e. The van der Waals surface area contributed by atoms with Crippen molar-refractivity contribution >= 4 is 12.0 Å². The third-order valence-electron chi connectivity index (χ3n) is 4.37. The van der Waals surface area contributed by atoms with E-state index in [1.807, 2.05) is 4.90 Å². The van der Waals surface area contributed by atoms with Gasteiger partial charge in [-0.25, -0.2) is 4.79 Å². The number of aliphatic hydroxyl groups is 1. The molecule has 114 valence electrons. The first-order valence-corrected chi connectivity index (χ1v) is 7.35. The van der Waals surface area contributed by atoms with E-state index >= 15 is 0 Å². The lowest BCUT2D eigenvalue weighted by Crippen LogP contribution is -2.46. The highest BCUT2D eigenvalue weighted by atomic mass is 16.4. The van der Waals surface area contributed by atoms with Crippen LogP contribution in [0.4, 0.5) is 4.79 Å². The second-order valence-electron chi connectivity index (χ2n) is 6.31. The number of hydrogen-bond acceptors (Lipinski definition) is 3. The van der Waals surface area contributed by atoms with Crippen LogP contribution in [-0.2, 0) is 4.79 Å². The summed E-state index contributed by atoms with van der Waals surface area (Å²) in [6.45, 7) is 4.18. The van der Waals surface area contributed by atoms with Gasteiger partial charge in [-0.1, -0.05) is 0 Å². The minimum Gasteiger partial charge on any atom is -0.481 e. The van der Waals surface area contributed by atoms with Gasteiger partial charge in [0, 0.05) is 26.1 Å². The molecule has 2 rings (SSSR count). The molecule has 1 atom stereocenters. The number of carbonyl (C=O) groups excluding carboxylic acids is 1. The first-order valence-electron chi connectivity index (χ1n) is 7.35. The van der Waals surface area contributed by atoms with Crippen molar-refractivity contribution in [3.8, 4) is 0 Å². The Morgan fingerprint density at radius 1 is 1.20 bits per heavy atom. The van der Waals surface area contributed by atoms with E-state index in [0.29, 0.717) is 44.9 Å². The van der Waals surface area contributed by atoms with Crippen molar-refractivity contribution in [2.24, 2.45) is 5.92 Å². The van der Waals surface area contributed by atoms with Gasteiger partial charge in [0.25, 0.3) is 0 Å². The van der Waals surface area contributed by atoms with Gasteiger partial charge in [-0.2, -0.15) is 0 Å². The number of nitrogens with zero attached hydrogens (tertiary/aromatic N) is 2. The molecule has 2 fully saturated rings. The molecule has 2 aliphatic heterocycles. The van der Waals surface area contributed by atoms with Gasteiger partial charge in [0.05, 0.1) is 12.1 Å². The number of likely N-dealkylation sites (tertiary alicyclic amines) is 2. The lowest BCUT2D eigenvalue weighted by atomic mass is 9.92. The predicted molar refractivity (Wildman–Crippen MR) is 73.4 cm³/mol. The van der Waals surface area contributed by atoms with Crippen LogP contribution in [-0.4, -0.2) is 63.8 Å². The van der Waals surface area contributed by atoms with Crippen LogP contribution in [0.5, 0.6) is 0 Å². The Kier molecular flexibility index (Phi) is 4.52. The van der Waals surface area contributed by atoms with E-state index in [1.165, 1.54) is 0 Å². The summed E-state index contributed by atoms with van der Waals surface area (Å²) in [7, 11) is 0. The predicted octanol–water partition coefficient (Wildman–Crippen LogP) is 1.14. The minimum absolute atomic E-state index is 0.0134. The zero-order valence-corrected chi connectivity index (χ0v) is 12.0. The highest BCUT2D eigenvalue weighted by molar-refractivity contribution is 5.75. The molecule has 2 heterocycles. The zero-order chi connectivity index (χ0) is 14.8. The third kappa shape index (κ3) is 3.85. The molecule has 1 unspecified atom stereocenters. The summed E-state index contributed by atoms with van der Waals surface area (Å²) in [5.41, 5.74) is -0.754. The standard InChI is InChI=1S/C14H24N2O4/c1-14(20)6-9-16(10-14)13(19)15-7-4-11(5-8-15)2-3-12(17)18/h11,20H,2-10H2,1H3,(H,17,18). The molecule has 0 bridgehead atoms. The quantitative estimate of drug-likeness (QED) is 0.814. The molecule has 6 nitrogen and oxygen atoms in total. The van der Waals surface area contributed by atoms with Crippen LogP contribution in [0.25, 0.3) is 0 Å². The van der Waals surface area contributed by atoms with Crippen LogP contribution in [0.1, 0.15) is 39.0 Å². The fourth-order valence-electron chi connectivity index (χ4n) is 3.05. The summed E-state index contributed by atoms with van der Waals surface area (Å²) in [5.74, 6) is -0.334. The van der Waals surface area contributed by atoms with E-state index in [0.717, 1.165) is 12.8 Å². The van der Waals surface area contributed by atoms with Crippen molar-refractivity contribution in [1.29, 1.82) is 0 Å². The monoisotopic (exact) mass is 284 g/mol. The topological polar surface area (TPSA) is 81.1 Å². The van der Waals surface area contributed by atoms with Crippen molar-refractivity contribution in [3.05, 3.63) is 0 Å². The van der Waals surface area contributed by atoms with Crippen molar-refractivity contribution in [2.75, 3.05) is 26.2 Å². The van der Waals surface area contributed by atoms with Crippen LogP contribution in [0.3, 0.4) is 0 Å². The van der Waals surface area contributed by atoms with Crippen molar-refractivity contribution in [3.63, 3.8) is 0 Å². The van der Waals surface area contributed by atoms with Crippen molar-refractivity contribution in [2.45, 2.75) is 44.6 Å². The molecule has 2 saturated heterocycles. The number of carbonyl (C=O) groups is 2. The maximum Gasteiger partial charge on any atom is 0.320 e. The number of urea groups is 1. The fourth-order valence-corrected chi connectivity index (χ4v) is 3.05. The molecule has 0 radical (unpaired) electrons. The van der Waals surface area contributed by atoms with Gasteiger partial charge in [-0.15, -0.1) is 0 Å². The second kappa shape index (κ2) is 5.99. The SMILES string of the molecule is CC1(O)CCN(C(=O)N2CCC(CCC(=O)O)CC2)C1. The third-order valence-corrected chi connectivity index (χ3v) is 4.37. The summed E-state index contributed by atoms with van der Waals surface area (Å²) in [6, 6.07) is 0.0134. The number of β-amino-alcohol motifs (C(OH)–C–C–N with tert-alkyl or cyclic N) is 1. The molecule has 0 spiro atoms. The van der Waals surface area contributed by atoms with Gasteiger partial charge in [0.1, 0.15) is 0 Å². The van der Waals surface area contributed by atoms with Gasteiger partial charge in [-0.05, 0) is 38.5 Å². The molecule has 0 saturated carbocycles. The Morgan fingerprint density at radius 3 is 2.35 bits per heavy atom. The zero-order valence-electron chi connectivity index (χ0n) is 12.0. The average Bonchev–Trinajstić information content (AvgIpc) is 2.76. The van der Waals surface area contributed by atoms with Crippen LogP contribution in [0.2, 0.25) is 0 Å². The lowest BCUT2D eigenvalue weighted by molar-refractivity contribution is -0.137. The molecule has 0 aliphatic carbocycles. The highest BCUT2D eigenvalue weighted by Gasteiger charge is 2.36. The number of piperidine rings is 1. The van der Waals surface area contributed by atoms with Gasteiger partial charge >= 0.3 is 12.0 Å². The first kappa shape index (κ1) is 15.1. The Bertz CT molecular complexity index is 375. The fraction of sp³-hybridized carbons (Fsp3) is 0.857. The van der Waals surface area contributed by atoms with E-state index in [4.69, 9.17) is 5.11 Å². The maximum atomic E-state index is 12.3. The average molecular weight is 284 g/mol. The summed E-state index contributed by atoms with van der Waals surface area (Å²) >= 11 is 0. The molecule has 0 aromatic carbocycles. The van der Waals surface area contributed by atoms with Gasteiger partial charge in [-0.3, -0.25) is 4.79 Å². The minimum atomic E-state index is -0.754. The Labute approximate surface area is 119 Å². The number of amides is 2. The molecular formula is C14H24N2O4. The molecule has 2 amide bonds. The number of carboxylic acids is 1. The van der Waals surface area contributed by atoms with Crippen LogP contribution >= 0.6 is 0 Å². The normalized spacial score (nSPS) is 27.9. The molecule has 0 aromatic heterocycles. The maximum absolute atomic E-state index is 12.3. The Hall–Kier alpha value is -1.30. The second-order valence-corrected chi connectivity index (χ2v) is 6.31. The van der Waals surface area contributed by atoms with E-state index in [1.54, 1.807) is 11.8 Å². The molecule has 2 N–H and O–H groups in total. The molecular weight excluding hydrogens is 260 g/mol. The number of hydrogen-bond donors (Lipinski definition) is 2. The van der Waals surface area contributed by atoms with Crippen molar-refractivity contribution in [1.82, 2.24) is 9.80 Å². The van der Waals surface area contributed by atoms with E-state index < -0.39 is 11.6 Å². The largest absolute Gasteiger partial charge is 0.481 e. The summed E-state index contributed by atoms with van der Waals surface area (Å²) in [4.78, 5) is 26.4. The van der Waals surface area contributed by atoms with Gasteiger partial charge in [0.15, 0.2) is 0 Å². The van der Waals surface area contributed by atoms with Crippen LogP contribution in [0.15, 0.2) is 0 Å². The summed E-state index contributed by atoms with van der Waals surface area (Å²) in [6.07, 6.45) is 3.31. The lowest BCUT2D eigenvalue weighted by Gasteiger charge is -2.34. The Morgan fingerprint density at radius 2 is 1.85 bits per heavy atom. The number of aliphatic carboxylic acids is 1. The van der Waals surface area contributed by atoms with E-state index in [9.17, 15) is 14.7 Å². The molecule has 0 aromatic rings. The van der Waals surface area contributed by atoms with Crippen LogP contribution < -0.4 is 0 Å². The first-order chi connectivity index (χ1) is 9.37. The van der Waals surface area contributed by atoms with Gasteiger partial charge < -0.3 is 20.0 Å². The summed E-state index contributed by atoms with van der Waals surface area (Å²) < 4.78 is 0. The van der Waals surface area contributed by atoms with E-state index in [-0.39, 0.29) is 12.5 Å². The summed E-state index contributed by atoms with van der Waals surface area (Å²) in [5, 5.41) is 18.6. The Balaban J connectivity index is 1.76. The van der Waals surface area contributed by atoms with E-state index in [2.05, 4.69) is 0 Å². The van der Waals surface area contributed by atoms with Crippen molar-refractivity contribution < 1.29 is 19.8 Å². The molecule has 20 heavy (non-hydrogen) atoms. The molecule has 2 aliphatic rings. The highest BCUT2D eigenvalue weighted by Crippen LogP contribution is 2.25.